The summed E-state index contributed by atoms with van der Waals surface area (Å²) < 4.78 is 0. The summed E-state index contributed by atoms with van der Waals surface area (Å²) in [7, 11) is 0. The van der Waals surface area contributed by atoms with E-state index >= 15 is 0 Å². The zero-order chi connectivity index (χ0) is 8.10. The monoisotopic (exact) mass is 153 g/mol. The molecule has 0 amide bonds. The highest BCUT2D eigenvalue weighted by atomic mass is 14.5. The molecule has 0 spiro atoms. The van der Waals surface area contributed by atoms with Crippen molar-refractivity contribution < 1.29 is 0 Å². The van der Waals surface area contributed by atoms with Gasteiger partial charge in [-0.1, -0.05) is 18.6 Å². The minimum Gasteiger partial charge on any atom is -0.330 e. The zero-order valence-corrected chi connectivity index (χ0v) is 7.47. The number of hydrogen-bond acceptors (Lipinski definition) is 1. The second-order valence-electron chi connectivity index (χ2n) is 3.41. The molecule has 11 heavy (non-hydrogen) atoms. The maximum Gasteiger partial charge on any atom is -0.00717 e. The first-order chi connectivity index (χ1) is 5.36. The SMILES string of the molecule is CCC1=CC(CCN)CCC1. The Morgan fingerprint density at radius 3 is 3.09 bits per heavy atom. The summed E-state index contributed by atoms with van der Waals surface area (Å²) >= 11 is 0. The normalized spacial score (nSPS) is 24.9. The van der Waals surface area contributed by atoms with Crippen molar-refractivity contribution in [2.24, 2.45) is 11.7 Å². The molecule has 0 aromatic carbocycles. The minimum atomic E-state index is 0.795. The molecule has 0 aliphatic heterocycles. The molecule has 0 saturated carbocycles. The van der Waals surface area contributed by atoms with Gasteiger partial charge in [-0.15, -0.1) is 0 Å². The van der Waals surface area contributed by atoms with Crippen LogP contribution in [0.2, 0.25) is 0 Å². The molecule has 0 aromatic heterocycles. The molecule has 2 N–H and O–H groups in total. The van der Waals surface area contributed by atoms with E-state index in [-0.39, 0.29) is 0 Å². The average Bonchev–Trinajstić information content (AvgIpc) is 2.06. The Morgan fingerprint density at radius 2 is 2.45 bits per heavy atom. The number of nitrogens with two attached hydrogens (primary N) is 1. The predicted octanol–water partition coefficient (Wildman–Crippen LogP) is 2.47. The van der Waals surface area contributed by atoms with Crippen LogP contribution in [0.25, 0.3) is 0 Å². The summed E-state index contributed by atoms with van der Waals surface area (Å²) in [6.45, 7) is 3.09. The Bertz CT molecular complexity index is 138. The van der Waals surface area contributed by atoms with Crippen molar-refractivity contribution in [1.29, 1.82) is 0 Å². The van der Waals surface area contributed by atoms with Crippen LogP contribution in [0.5, 0.6) is 0 Å². The number of hydrogen-bond donors (Lipinski definition) is 1. The van der Waals surface area contributed by atoms with E-state index in [9.17, 15) is 0 Å². The van der Waals surface area contributed by atoms with Crippen LogP contribution in [-0.2, 0) is 0 Å². The van der Waals surface area contributed by atoms with Crippen molar-refractivity contribution in [3.63, 3.8) is 0 Å². The van der Waals surface area contributed by atoms with Crippen molar-refractivity contribution >= 4 is 0 Å². The van der Waals surface area contributed by atoms with Gasteiger partial charge in [-0.2, -0.15) is 0 Å². The first-order valence-electron chi connectivity index (χ1n) is 4.76. The molecule has 64 valence electrons. The van der Waals surface area contributed by atoms with Gasteiger partial charge in [0.15, 0.2) is 0 Å². The molecule has 0 fully saturated rings. The first-order valence-corrected chi connectivity index (χ1v) is 4.76. The van der Waals surface area contributed by atoms with Gasteiger partial charge in [-0.25, -0.2) is 0 Å². The predicted molar refractivity (Wildman–Crippen MR) is 49.4 cm³/mol. The van der Waals surface area contributed by atoms with Gasteiger partial charge in [0, 0.05) is 0 Å². The molecule has 1 heteroatoms. The maximum atomic E-state index is 5.52. The lowest BCUT2D eigenvalue weighted by Gasteiger charge is -2.19. The second-order valence-corrected chi connectivity index (χ2v) is 3.41. The molecule has 1 atom stereocenters. The molecule has 1 aliphatic carbocycles. The molecule has 0 saturated heterocycles. The molecule has 0 heterocycles. The molecule has 0 radical (unpaired) electrons. The third kappa shape index (κ3) is 2.66. The fraction of sp³-hybridized carbons (Fsp3) is 0.800. The van der Waals surface area contributed by atoms with Gasteiger partial charge in [-0.05, 0) is 44.6 Å². The van der Waals surface area contributed by atoms with Crippen LogP contribution in [0.15, 0.2) is 11.6 Å². The lowest BCUT2D eigenvalue weighted by Crippen LogP contribution is -2.10. The lowest BCUT2D eigenvalue weighted by atomic mass is 9.87. The topological polar surface area (TPSA) is 26.0 Å². The number of allylic oxidation sites excluding steroid dienone is 2. The van der Waals surface area contributed by atoms with Crippen molar-refractivity contribution in [3.8, 4) is 0 Å². The van der Waals surface area contributed by atoms with E-state index in [0.29, 0.717) is 0 Å². The Kier molecular flexibility index (Phi) is 3.64. The highest BCUT2D eigenvalue weighted by Crippen LogP contribution is 2.26. The second kappa shape index (κ2) is 4.55. The number of rotatable bonds is 3. The van der Waals surface area contributed by atoms with Crippen molar-refractivity contribution in [2.45, 2.75) is 39.0 Å². The molecule has 1 rings (SSSR count). The van der Waals surface area contributed by atoms with Crippen LogP contribution < -0.4 is 5.73 Å². The van der Waals surface area contributed by atoms with Crippen LogP contribution >= 0.6 is 0 Å². The summed E-state index contributed by atoms with van der Waals surface area (Å²) in [5.74, 6) is 0.795. The van der Waals surface area contributed by atoms with Gasteiger partial charge in [0.1, 0.15) is 0 Å². The Balaban J connectivity index is 2.41. The van der Waals surface area contributed by atoms with Crippen LogP contribution in [0.1, 0.15) is 39.0 Å². The van der Waals surface area contributed by atoms with Crippen LogP contribution in [0, 0.1) is 5.92 Å². The summed E-state index contributed by atoms with van der Waals surface area (Å²) in [4.78, 5) is 0. The van der Waals surface area contributed by atoms with Crippen molar-refractivity contribution in [2.75, 3.05) is 6.54 Å². The molecular weight excluding hydrogens is 134 g/mol. The average molecular weight is 153 g/mol. The van der Waals surface area contributed by atoms with Crippen LogP contribution in [0.3, 0.4) is 0 Å². The van der Waals surface area contributed by atoms with Gasteiger partial charge >= 0.3 is 0 Å². The van der Waals surface area contributed by atoms with Crippen molar-refractivity contribution in [1.82, 2.24) is 0 Å². The fourth-order valence-corrected chi connectivity index (χ4v) is 1.83. The Labute approximate surface area is 69.7 Å². The van der Waals surface area contributed by atoms with E-state index in [1.54, 1.807) is 5.57 Å². The maximum absolute atomic E-state index is 5.52. The van der Waals surface area contributed by atoms with E-state index in [0.717, 1.165) is 12.5 Å². The van der Waals surface area contributed by atoms with E-state index < -0.39 is 0 Å². The smallest absolute Gasteiger partial charge is 0.00717 e. The lowest BCUT2D eigenvalue weighted by molar-refractivity contribution is 0.496. The minimum absolute atomic E-state index is 0.795. The van der Waals surface area contributed by atoms with Crippen molar-refractivity contribution in [3.05, 3.63) is 11.6 Å². The summed E-state index contributed by atoms with van der Waals surface area (Å²) in [5, 5.41) is 0. The summed E-state index contributed by atoms with van der Waals surface area (Å²) in [6, 6.07) is 0. The van der Waals surface area contributed by atoms with Gasteiger partial charge in [0.05, 0.1) is 0 Å². The van der Waals surface area contributed by atoms with Crippen LogP contribution in [0.4, 0.5) is 0 Å². The third-order valence-electron chi connectivity index (χ3n) is 2.54. The Morgan fingerprint density at radius 1 is 1.64 bits per heavy atom. The largest absolute Gasteiger partial charge is 0.330 e. The standard InChI is InChI=1S/C10H19N/c1-2-9-4-3-5-10(8-9)6-7-11/h8,10H,2-7,11H2,1H3. The van der Waals surface area contributed by atoms with Gasteiger partial charge < -0.3 is 5.73 Å². The fourth-order valence-electron chi connectivity index (χ4n) is 1.83. The molecule has 1 unspecified atom stereocenters. The van der Waals surface area contributed by atoms with Crippen LogP contribution in [-0.4, -0.2) is 6.54 Å². The van der Waals surface area contributed by atoms with E-state index in [1.807, 2.05) is 0 Å². The summed E-state index contributed by atoms with van der Waals surface area (Å²) in [5.41, 5.74) is 7.16. The van der Waals surface area contributed by atoms with E-state index in [2.05, 4.69) is 13.0 Å². The molecule has 0 bridgehead atoms. The van der Waals surface area contributed by atoms with Gasteiger partial charge in [0.2, 0.25) is 0 Å². The van der Waals surface area contributed by atoms with E-state index in [1.165, 1.54) is 32.1 Å². The molecule has 0 aromatic rings. The van der Waals surface area contributed by atoms with Gasteiger partial charge in [0.25, 0.3) is 0 Å². The van der Waals surface area contributed by atoms with E-state index in [4.69, 9.17) is 5.73 Å². The zero-order valence-electron chi connectivity index (χ0n) is 7.47. The molecule has 1 aliphatic rings. The van der Waals surface area contributed by atoms with Gasteiger partial charge in [-0.3, -0.25) is 0 Å². The Hall–Kier alpha value is -0.300. The highest BCUT2D eigenvalue weighted by Gasteiger charge is 2.10. The third-order valence-corrected chi connectivity index (χ3v) is 2.54. The quantitative estimate of drug-likeness (QED) is 0.619. The molecule has 1 nitrogen and oxygen atoms in total. The first kappa shape index (κ1) is 8.79. The summed E-state index contributed by atoms with van der Waals surface area (Å²) in [6.07, 6.45) is 8.95. The highest BCUT2D eigenvalue weighted by molar-refractivity contribution is 5.07. The molecular formula is C10H19N.